The summed E-state index contributed by atoms with van der Waals surface area (Å²) in [5.41, 5.74) is 0.847. The van der Waals surface area contributed by atoms with Crippen LogP contribution >= 0.6 is 11.8 Å². The van der Waals surface area contributed by atoms with Gasteiger partial charge in [0.1, 0.15) is 5.76 Å². The highest BCUT2D eigenvalue weighted by Gasteiger charge is 2.23. The number of nitrogens with one attached hydrogen (secondary N) is 1. The first-order valence-electron chi connectivity index (χ1n) is 7.11. The Balaban J connectivity index is 1.66. The summed E-state index contributed by atoms with van der Waals surface area (Å²) in [6.45, 7) is 0.795. The highest BCUT2D eigenvalue weighted by molar-refractivity contribution is 7.99. The summed E-state index contributed by atoms with van der Waals surface area (Å²) in [4.78, 5) is 0. The van der Waals surface area contributed by atoms with E-state index in [0.717, 1.165) is 34.3 Å². The van der Waals surface area contributed by atoms with Gasteiger partial charge in [0.05, 0.1) is 13.7 Å². The lowest BCUT2D eigenvalue weighted by atomic mass is 10.2. The molecule has 2 aromatic rings. The predicted octanol–water partition coefficient (Wildman–Crippen LogP) is 3.82. The van der Waals surface area contributed by atoms with E-state index in [0.29, 0.717) is 6.04 Å². The summed E-state index contributed by atoms with van der Waals surface area (Å²) in [5.74, 6) is 1.79. The van der Waals surface area contributed by atoms with E-state index >= 15 is 0 Å². The highest BCUT2D eigenvalue weighted by Crippen LogP contribution is 2.30. The van der Waals surface area contributed by atoms with Gasteiger partial charge in [0.25, 0.3) is 0 Å². The lowest BCUT2D eigenvalue weighted by molar-refractivity contribution is 0.403. The molecule has 0 amide bonds. The van der Waals surface area contributed by atoms with Crippen LogP contribution < -0.4 is 10.1 Å². The summed E-state index contributed by atoms with van der Waals surface area (Å²) in [6.07, 6.45) is 6.07. The number of thioether (sulfide) groups is 1. The number of fused-ring (bicyclic) bond motifs is 1. The molecule has 0 bridgehead atoms. The van der Waals surface area contributed by atoms with Gasteiger partial charge >= 0.3 is 0 Å². The highest BCUT2D eigenvalue weighted by atomic mass is 32.2. The molecule has 2 atom stereocenters. The molecule has 0 radical (unpaired) electrons. The van der Waals surface area contributed by atoms with Crippen molar-refractivity contribution >= 4 is 22.7 Å². The van der Waals surface area contributed by atoms with Gasteiger partial charge in [-0.25, -0.2) is 0 Å². The molecule has 1 heterocycles. The Hall–Kier alpha value is -1.13. The molecule has 1 aromatic carbocycles. The third kappa shape index (κ3) is 2.81. The molecule has 3 nitrogen and oxygen atoms in total. The van der Waals surface area contributed by atoms with Crippen LogP contribution in [0.5, 0.6) is 5.75 Å². The monoisotopic (exact) mass is 291 g/mol. The average Bonchev–Trinajstić information content (AvgIpc) is 3.10. The molecule has 1 saturated carbocycles. The molecular weight excluding hydrogens is 270 g/mol. The van der Waals surface area contributed by atoms with E-state index in [1.165, 1.54) is 19.3 Å². The zero-order chi connectivity index (χ0) is 13.9. The molecule has 1 N–H and O–H groups in total. The van der Waals surface area contributed by atoms with Crippen LogP contribution in [0.1, 0.15) is 25.0 Å². The maximum Gasteiger partial charge on any atom is 0.176 e. The van der Waals surface area contributed by atoms with Crippen LogP contribution in [0.25, 0.3) is 11.0 Å². The largest absolute Gasteiger partial charge is 0.493 e. The second-order valence-corrected chi connectivity index (χ2v) is 6.48. The van der Waals surface area contributed by atoms with Crippen LogP contribution in [0, 0.1) is 0 Å². The summed E-state index contributed by atoms with van der Waals surface area (Å²) in [7, 11) is 1.68. The molecular formula is C16H21NO2S. The van der Waals surface area contributed by atoms with Gasteiger partial charge in [-0.1, -0.05) is 12.1 Å². The minimum Gasteiger partial charge on any atom is -0.493 e. The SMILES string of the molecule is COc1cccc2cc(CNC3CCC(SC)C3)oc12. The van der Waals surface area contributed by atoms with Gasteiger partial charge in [0.2, 0.25) is 0 Å². The first kappa shape index (κ1) is 13.8. The quantitative estimate of drug-likeness (QED) is 0.908. The molecule has 20 heavy (non-hydrogen) atoms. The molecule has 3 rings (SSSR count). The number of para-hydroxylation sites is 1. The smallest absolute Gasteiger partial charge is 0.176 e. The molecule has 4 heteroatoms. The molecule has 1 aromatic heterocycles. The second kappa shape index (κ2) is 6.10. The average molecular weight is 291 g/mol. The summed E-state index contributed by atoms with van der Waals surface area (Å²) >= 11 is 1.99. The third-order valence-electron chi connectivity index (χ3n) is 4.06. The topological polar surface area (TPSA) is 34.4 Å². The maximum absolute atomic E-state index is 5.91. The maximum atomic E-state index is 5.91. The van der Waals surface area contributed by atoms with Crippen molar-refractivity contribution in [1.29, 1.82) is 0 Å². The Morgan fingerprint density at radius 1 is 1.40 bits per heavy atom. The van der Waals surface area contributed by atoms with Crippen molar-refractivity contribution in [3.05, 3.63) is 30.0 Å². The number of hydrogen-bond acceptors (Lipinski definition) is 4. The fraction of sp³-hybridized carbons (Fsp3) is 0.500. The van der Waals surface area contributed by atoms with Gasteiger partial charge in [-0.2, -0.15) is 11.8 Å². The summed E-state index contributed by atoms with van der Waals surface area (Å²) in [5, 5.41) is 5.54. The van der Waals surface area contributed by atoms with E-state index in [4.69, 9.17) is 9.15 Å². The minimum absolute atomic E-state index is 0.627. The van der Waals surface area contributed by atoms with Gasteiger partial charge in [0, 0.05) is 16.7 Å². The fourth-order valence-corrected chi connectivity index (χ4v) is 3.72. The van der Waals surface area contributed by atoms with Crippen molar-refractivity contribution in [2.45, 2.75) is 37.1 Å². The van der Waals surface area contributed by atoms with Crippen molar-refractivity contribution in [3.63, 3.8) is 0 Å². The molecule has 2 unspecified atom stereocenters. The lowest BCUT2D eigenvalue weighted by Gasteiger charge is -2.11. The first-order valence-corrected chi connectivity index (χ1v) is 8.40. The van der Waals surface area contributed by atoms with Crippen molar-refractivity contribution in [3.8, 4) is 5.75 Å². The zero-order valence-corrected chi connectivity index (χ0v) is 12.8. The van der Waals surface area contributed by atoms with Crippen molar-refractivity contribution in [2.24, 2.45) is 0 Å². The Morgan fingerprint density at radius 3 is 3.05 bits per heavy atom. The number of hydrogen-bond donors (Lipinski definition) is 1. The number of methoxy groups -OCH3 is 1. The fourth-order valence-electron chi connectivity index (χ4n) is 2.92. The Kier molecular flexibility index (Phi) is 4.22. The number of benzene rings is 1. The van der Waals surface area contributed by atoms with Gasteiger partial charge < -0.3 is 14.5 Å². The zero-order valence-electron chi connectivity index (χ0n) is 12.0. The van der Waals surface area contributed by atoms with Crippen LogP contribution in [0.3, 0.4) is 0 Å². The summed E-state index contributed by atoms with van der Waals surface area (Å²) in [6, 6.07) is 8.72. The van der Waals surface area contributed by atoms with E-state index < -0.39 is 0 Å². The second-order valence-electron chi connectivity index (χ2n) is 5.34. The molecule has 108 valence electrons. The number of ether oxygens (including phenoxy) is 1. The molecule has 0 saturated heterocycles. The normalized spacial score (nSPS) is 22.5. The van der Waals surface area contributed by atoms with E-state index in [1.807, 2.05) is 23.9 Å². The molecule has 1 aliphatic carbocycles. The standard InChI is InChI=1S/C16H21NO2S/c1-18-15-5-3-4-11-8-13(19-16(11)15)10-17-12-6-7-14(9-12)20-2/h3-5,8,12,14,17H,6-7,9-10H2,1-2H3. The molecule has 0 aliphatic heterocycles. The van der Waals surface area contributed by atoms with Gasteiger partial charge in [-0.05, 0) is 37.7 Å². The van der Waals surface area contributed by atoms with Crippen molar-refractivity contribution < 1.29 is 9.15 Å². The Bertz CT molecular complexity index is 581. The van der Waals surface area contributed by atoms with Crippen LogP contribution in [0.4, 0.5) is 0 Å². The number of furan rings is 1. The van der Waals surface area contributed by atoms with E-state index in [9.17, 15) is 0 Å². The van der Waals surface area contributed by atoms with E-state index in [2.05, 4.69) is 23.7 Å². The Labute approximate surface area is 124 Å². The molecule has 1 aliphatic rings. The molecule has 1 fully saturated rings. The van der Waals surface area contributed by atoms with Crippen LogP contribution in [0.15, 0.2) is 28.7 Å². The van der Waals surface area contributed by atoms with Crippen molar-refractivity contribution in [2.75, 3.05) is 13.4 Å². The van der Waals surface area contributed by atoms with Gasteiger partial charge in [-0.3, -0.25) is 0 Å². The first-order chi connectivity index (χ1) is 9.80. The van der Waals surface area contributed by atoms with Gasteiger partial charge in [-0.15, -0.1) is 0 Å². The Morgan fingerprint density at radius 2 is 2.30 bits per heavy atom. The van der Waals surface area contributed by atoms with Crippen molar-refractivity contribution in [1.82, 2.24) is 5.32 Å². The van der Waals surface area contributed by atoms with Gasteiger partial charge in [0.15, 0.2) is 11.3 Å². The van der Waals surface area contributed by atoms with Crippen LogP contribution in [0.2, 0.25) is 0 Å². The summed E-state index contributed by atoms with van der Waals surface area (Å²) < 4.78 is 11.2. The molecule has 0 spiro atoms. The van der Waals surface area contributed by atoms with Crippen LogP contribution in [-0.2, 0) is 6.54 Å². The predicted molar refractivity (Wildman–Crippen MR) is 84.5 cm³/mol. The van der Waals surface area contributed by atoms with Crippen LogP contribution in [-0.4, -0.2) is 24.7 Å². The van der Waals surface area contributed by atoms with E-state index in [-0.39, 0.29) is 0 Å². The third-order valence-corrected chi connectivity index (χ3v) is 5.16. The van der Waals surface area contributed by atoms with E-state index in [1.54, 1.807) is 7.11 Å². The lowest BCUT2D eigenvalue weighted by Crippen LogP contribution is -2.25. The minimum atomic E-state index is 0.627. The number of rotatable bonds is 5.